The summed E-state index contributed by atoms with van der Waals surface area (Å²) in [6.45, 7) is 3.71. The number of anilines is 1. The number of benzene rings is 2. The maximum absolute atomic E-state index is 13.9. The zero-order valence-electron chi connectivity index (χ0n) is 15.5. The number of likely N-dealkylation sites (N-methyl/N-ethyl adjacent to an activating group) is 1. The first-order valence-electron chi connectivity index (χ1n) is 9.24. The summed E-state index contributed by atoms with van der Waals surface area (Å²) < 4.78 is 13.9. The Kier molecular flexibility index (Phi) is 6.83. The lowest BCUT2D eigenvalue weighted by Gasteiger charge is -2.18. The molecule has 1 amide bonds. The molecule has 0 radical (unpaired) electrons. The van der Waals surface area contributed by atoms with E-state index in [1.54, 1.807) is 24.1 Å². The van der Waals surface area contributed by atoms with Crippen LogP contribution in [0.25, 0.3) is 0 Å². The van der Waals surface area contributed by atoms with E-state index in [0.29, 0.717) is 10.6 Å². The summed E-state index contributed by atoms with van der Waals surface area (Å²) >= 11 is 6.04. The molecule has 2 aromatic rings. The number of carbonyl (C=O) groups is 1. The molecule has 1 saturated heterocycles. The van der Waals surface area contributed by atoms with Gasteiger partial charge in [0.1, 0.15) is 5.82 Å². The minimum Gasteiger partial charge on any atom is -0.325 e. The summed E-state index contributed by atoms with van der Waals surface area (Å²) in [7, 11) is 1.77. The van der Waals surface area contributed by atoms with Crippen molar-refractivity contribution in [3.63, 3.8) is 0 Å². The van der Waals surface area contributed by atoms with Crippen LogP contribution in [0.5, 0.6) is 0 Å². The van der Waals surface area contributed by atoms with Gasteiger partial charge in [-0.15, -0.1) is 0 Å². The van der Waals surface area contributed by atoms with Gasteiger partial charge in [0.2, 0.25) is 5.91 Å². The van der Waals surface area contributed by atoms with Gasteiger partial charge in [0.15, 0.2) is 0 Å². The Bertz CT molecular complexity index is 755. The maximum atomic E-state index is 13.9. The normalized spacial score (nSPS) is 14.7. The standard InChI is InChI=1S/C21H25ClFN3O/c1-25(14-18-19(22)5-4-6-20(18)23)15-21(27)24-17-9-7-16(8-10-17)13-26-11-2-3-12-26/h4-10H,2-3,11-15H2,1H3,(H,24,27). The van der Waals surface area contributed by atoms with Gasteiger partial charge in [0.05, 0.1) is 6.54 Å². The molecule has 2 aromatic carbocycles. The van der Waals surface area contributed by atoms with Crippen LogP contribution in [-0.2, 0) is 17.9 Å². The Balaban J connectivity index is 1.49. The Morgan fingerprint density at radius 3 is 2.56 bits per heavy atom. The van der Waals surface area contributed by atoms with Gasteiger partial charge in [-0.25, -0.2) is 4.39 Å². The number of likely N-dealkylation sites (tertiary alicyclic amines) is 1. The van der Waals surface area contributed by atoms with E-state index < -0.39 is 0 Å². The highest BCUT2D eigenvalue weighted by atomic mass is 35.5. The maximum Gasteiger partial charge on any atom is 0.238 e. The average Bonchev–Trinajstić information content (AvgIpc) is 3.13. The number of hydrogen-bond acceptors (Lipinski definition) is 3. The number of halogens is 2. The zero-order valence-corrected chi connectivity index (χ0v) is 16.3. The van der Waals surface area contributed by atoms with Crippen LogP contribution in [0.2, 0.25) is 5.02 Å². The molecule has 1 aliphatic heterocycles. The molecule has 0 atom stereocenters. The second-order valence-electron chi connectivity index (χ2n) is 7.10. The van der Waals surface area contributed by atoms with Crippen LogP contribution >= 0.6 is 11.6 Å². The van der Waals surface area contributed by atoms with Crippen molar-refractivity contribution in [3.8, 4) is 0 Å². The van der Waals surface area contributed by atoms with Crippen LogP contribution in [0, 0.1) is 5.82 Å². The minimum atomic E-state index is -0.358. The molecule has 1 fully saturated rings. The first kappa shape index (κ1) is 19.8. The van der Waals surface area contributed by atoms with E-state index in [1.807, 2.05) is 12.1 Å². The third-order valence-corrected chi connectivity index (χ3v) is 5.10. The van der Waals surface area contributed by atoms with Gasteiger partial charge in [-0.1, -0.05) is 29.8 Å². The van der Waals surface area contributed by atoms with E-state index in [0.717, 1.165) is 25.3 Å². The van der Waals surface area contributed by atoms with Gasteiger partial charge in [0, 0.05) is 29.4 Å². The van der Waals surface area contributed by atoms with E-state index in [2.05, 4.69) is 22.3 Å². The fraction of sp³-hybridized carbons (Fsp3) is 0.381. The second kappa shape index (κ2) is 9.31. The first-order valence-corrected chi connectivity index (χ1v) is 9.61. The van der Waals surface area contributed by atoms with Crippen LogP contribution < -0.4 is 5.32 Å². The number of rotatable bonds is 7. The van der Waals surface area contributed by atoms with Gasteiger partial charge in [-0.05, 0) is 62.8 Å². The molecular weight excluding hydrogens is 365 g/mol. The highest BCUT2D eigenvalue weighted by Gasteiger charge is 2.14. The Morgan fingerprint density at radius 1 is 1.19 bits per heavy atom. The van der Waals surface area contributed by atoms with E-state index in [-0.39, 0.29) is 24.8 Å². The van der Waals surface area contributed by atoms with Crippen molar-refractivity contribution in [1.29, 1.82) is 0 Å². The molecule has 0 saturated carbocycles. The Labute approximate surface area is 164 Å². The molecule has 1 heterocycles. The molecule has 4 nitrogen and oxygen atoms in total. The van der Waals surface area contributed by atoms with Crippen molar-refractivity contribution >= 4 is 23.2 Å². The molecular formula is C21H25ClFN3O. The summed E-state index contributed by atoms with van der Waals surface area (Å²) in [6, 6.07) is 12.6. The van der Waals surface area contributed by atoms with Gasteiger partial charge < -0.3 is 5.32 Å². The monoisotopic (exact) mass is 389 g/mol. The summed E-state index contributed by atoms with van der Waals surface area (Å²) in [5, 5.41) is 3.26. The summed E-state index contributed by atoms with van der Waals surface area (Å²) in [5.74, 6) is -0.499. The highest BCUT2D eigenvalue weighted by molar-refractivity contribution is 6.31. The minimum absolute atomic E-state index is 0.141. The lowest BCUT2D eigenvalue weighted by Crippen LogP contribution is -2.30. The summed E-state index contributed by atoms with van der Waals surface area (Å²) in [4.78, 5) is 16.4. The largest absolute Gasteiger partial charge is 0.325 e. The fourth-order valence-electron chi connectivity index (χ4n) is 3.35. The number of hydrogen-bond donors (Lipinski definition) is 1. The molecule has 6 heteroatoms. The van der Waals surface area contributed by atoms with Gasteiger partial charge in [-0.3, -0.25) is 14.6 Å². The fourth-order valence-corrected chi connectivity index (χ4v) is 3.57. The van der Waals surface area contributed by atoms with Crippen LogP contribution in [0.4, 0.5) is 10.1 Å². The second-order valence-corrected chi connectivity index (χ2v) is 7.51. The van der Waals surface area contributed by atoms with Crippen molar-refractivity contribution in [2.75, 3.05) is 32.0 Å². The molecule has 0 bridgehead atoms. The van der Waals surface area contributed by atoms with Crippen molar-refractivity contribution in [2.45, 2.75) is 25.9 Å². The molecule has 144 valence electrons. The van der Waals surface area contributed by atoms with E-state index in [9.17, 15) is 9.18 Å². The first-order chi connectivity index (χ1) is 13.0. The molecule has 0 spiro atoms. The SMILES string of the molecule is CN(CC(=O)Nc1ccc(CN2CCCC2)cc1)Cc1c(F)cccc1Cl. The van der Waals surface area contributed by atoms with Crippen LogP contribution in [0.15, 0.2) is 42.5 Å². The number of amides is 1. The molecule has 27 heavy (non-hydrogen) atoms. The Hall–Kier alpha value is -1.95. The van der Waals surface area contributed by atoms with Gasteiger partial charge in [0.25, 0.3) is 0 Å². The van der Waals surface area contributed by atoms with E-state index >= 15 is 0 Å². The average molecular weight is 390 g/mol. The number of nitrogens with zero attached hydrogens (tertiary/aromatic N) is 2. The van der Waals surface area contributed by atoms with E-state index in [1.165, 1.54) is 24.5 Å². The summed E-state index contributed by atoms with van der Waals surface area (Å²) in [6.07, 6.45) is 2.56. The zero-order chi connectivity index (χ0) is 19.2. The molecule has 3 rings (SSSR count). The van der Waals surface area contributed by atoms with Gasteiger partial charge in [-0.2, -0.15) is 0 Å². The van der Waals surface area contributed by atoms with Crippen molar-refractivity contribution in [2.24, 2.45) is 0 Å². The number of carbonyl (C=O) groups excluding carboxylic acids is 1. The van der Waals surface area contributed by atoms with E-state index in [4.69, 9.17) is 11.6 Å². The predicted octanol–water partition coefficient (Wildman–Crippen LogP) is 4.15. The smallest absolute Gasteiger partial charge is 0.238 e. The van der Waals surface area contributed by atoms with Crippen LogP contribution in [0.1, 0.15) is 24.0 Å². The molecule has 0 aromatic heterocycles. The Morgan fingerprint density at radius 2 is 1.89 bits per heavy atom. The molecule has 0 aliphatic carbocycles. The van der Waals surface area contributed by atoms with Gasteiger partial charge >= 0.3 is 0 Å². The predicted molar refractivity (Wildman–Crippen MR) is 107 cm³/mol. The highest BCUT2D eigenvalue weighted by Crippen LogP contribution is 2.20. The molecule has 1 aliphatic rings. The lowest BCUT2D eigenvalue weighted by atomic mass is 10.2. The number of nitrogens with one attached hydrogen (secondary N) is 1. The van der Waals surface area contributed by atoms with Crippen molar-refractivity contribution in [3.05, 3.63) is 64.4 Å². The molecule has 1 N–H and O–H groups in total. The lowest BCUT2D eigenvalue weighted by molar-refractivity contribution is -0.117. The van der Waals surface area contributed by atoms with Crippen molar-refractivity contribution in [1.82, 2.24) is 9.80 Å². The molecule has 0 unspecified atom stereocenters. The van der Waals surface area contributed by atoms with Crippen molar-refractivity contribution < 1.29 is 9.18 Å². The quantitative estimate of drug-likeness (QED) is 0.772. The summed E-state index contributed by atoms with van der Waals surface area (Å²) in [5.41, 5.74) is 2.42. The van der Waals surface area contributed by atoms with Crippen LogP contribution in [-0.4, -0.2) is 42.4 Å². The topological polar surface area (TPSA) is 35.6 Å². The third-order valence-electron chi connectivity index (χ3n) is 4.75. The third kappa shape index (κ3) is 5.76. The van der Waals surface area contributed by atoms with Crippen LogP contribution in [0.3, 0.4) is 0 Å².